The Bertz CT molecular complexity index is 1990. The molecular weight excluding hydrogens is 621 g/mol. The normalized spacial score (nSPS) is 18.5. The van der Waals surface area contributed by atoms with Crippen molar-refractivity contribution in [3.8, 4) is 22.8 Å². The monoisotopic (exact) mass is 650 g/mol. The molecule has 226 valence electrons. The van der Waals surface area contributed by atoms with Gasteiger partial charge in [-0.15, -0.1) is 22.7 Å². The van der Waals surface area contributed by atoms with Gasteiger partial charge in [0.1, 0.15) is 15.9 Å². The molecule has 0 amide bonds. The first-order chi connectivity index (χ1) is 22.2. The van der Waals surface area contributed by atoms with Crippen molar-refractivity contribution in [2.75, 3.05) is 31.5 Å². The highest BCUT2D eigenvalue weighted by Gasteiger charge is 2.19. The molecule has 2 fully saturated rings. The van der Waals surface area contributed by atoms with Gasteiger partial charge in [0.05, 0.1) is 20.4 Å². The number of hydrogen-bond donors (Lipinski definition) is 3. The van der Waals surface area contributed by atoms with Crippen LogP contribution >= 0.6 is 34.4 Å². The number of nitrogens with zero attached hydrogens (tertiary/aromatic N) is 7. The van der Waals surface area contributed by atoms with Crippen LogP contribution in [0.15, 0.2) is 74.6 Å². The van der Waals surface area contributed by atoms with Crippen LogP contribution < -0.4 is 16.0 Å². The standard InChI is InChI=1S/C32H30N10S3/c1-8-33-17-19(1)2-10-37-31-27-23(6-13-43-27)39-29(41-31)20-3-11-35-25(15-20)45-26-16-21(4-12-36-26)30-40-24-7-14-44-28(24)32(42-30)38-22-5-9-34-18-22/h3-4,6-7,10-16,19,22,33-34H,1-2,5,8-9,17-18H2,(H,38,40,42). The Labute approximate surface area is 272 Å². The Balaban J connectivity index is 1.05. The lowest BCUT2D eigenvalue weighted by molar-refractivity contribution is 0.614. The minimum atomic E-state index is 0.363. The molecular formula is C32H30N10S3. The van der Waals surface area contributed by atoms with Gasteiger partial charge in [-0.25, -0.2) is 34.9 Å². The van der Waals surface area contributed by atoms with Gasteiger partial charge in [-0.3, -0.25) is 0 Å². The summed E-state index contributed by atoms with van der Waals surface area (Å²) < 4.78 is 2.09. The number of anilines is 1. The first-order valence-electron chi connectivity index (χ1n) is 15.1. The minimum Gasteiger partial charge on any atom is -0.365 e. The lowest BCUT2D eigenvalue weighted by Gasteiger charge is -2.14. The van der Waals surface area contributed by atoms with Crippen LogP contribution in [0.1, 0.15) is 19.3 Å². The van der Waals surface area contributed by atoms with E-state index in [-0.39, 0.29) is 0 Å². The van der Waals surface area contributed by atoms with Crippen LogP contribution in [-0.2, 0) is 0 Å². The van der Waals surface area contributed by atoms with Crippen molar-refractivity contribution in [3.63, 3.8) is 0 Å². The molecule has 2 atom stereocenters. The summed E-state index contributed by atoms with van der Waals surface area (Å²) in [5.74, 6) is 3.56. The SMILES string of the molecule is C(CC1CCNC1)=Nc1nc(-c2ccnc(Sc3cc(-c4nc(NC5CCNC5)c5sccc5n4)ccn3)c2)nc2ccsc12. The summed E-state index contributed by atoms with van der Waals surface area (Å²) >= 11 is 4.78. The number of nitrogens with one attached hydrogen (secondary N) is 3. The van der Waals surface area contributed by atoms with Gasteiger partial charge >= 0.3 is 0 Å². The number of thiophene rings is 2. The lowest BCUT2D eigenvalue weighted by Crippen LogP contribution is -2.22. The molecule has 45 heavy (non-hydrogen) atoms. The van der Waals surface area contributed by atoms with Crippen molar-refractivity contribution in [2.24, 2.45) is 10.9 Å². The van der Waals surface area contributed by atoms with Crippen molar-refractivity contribution in [2.45, 2.75) is 35.4 Å². The molecule has 0 aromatic carbocycles. The van der Waals surface area contributed by atoms with E-state index < -0.39 is 0 Å². The van der Waals surface area contributed by atoms with Gasteiger partial charge in [0.15, 0.2) is 17.5 Å². The fourth-order valence-electron chi connectivity index (χ4n) is 5.65. The molecule has 0 spiro atoms. The summed E-state index contributed by atoms with van der Waals surface area (Å²) in [5, 5.41) is 16.2. The summed E-state index contributed by atoms with van der Waals surface area (Å²) in [6, 6.07) is 12.4. The maximum Gasteiger partial charge on any atom is 0.173 e. The number of hydrogen-bond acceptors (Lipinski definition) is 13. The van der Waals surface area contributed by atoms with Crippen LogP contribution in [0.4, 0.5) is 11.6 Å². The molecule has 2 unspecified atom stereocenters. The highest BCUT2D eigenvalue weighted by atomic mass is 32.2. The van der Waals surface area contributed by atoms with Gasteiger partial charge in [-0.05, 0) is 92.0 Å². The fourth-order valence-corrected chi connectivity index (χ4v) is 8.01. The van der Waals surface area contributed by atoms with Crippen LogP contribution in [0, 0.1) is 5.92 Å². The van der Waals surface area contributed by atoms with Gasteiger partial charge in [0.2, 0.25) is 0 Å². The summed E-state index contributed by atoms with van der Waals surface area (Å²) in [4.78, 5) is 33.6. The topological polar surface area (TPSA) is 126 Å². The number of aromatic nitrogens is 6. The van der Waals surface area contributed by atoms with Crippen molar-refractivity contribution in [3.05, 3.63) is 59.6 Å². The Morgan fingerprint density at radius 2 is 1.51 bits per heavy atom. The molecule has 6 aromatic heterocycles. The summed E-state index contributed by atoms with van der Waals surface area (Å²) in [7, 11) is 0. The van der Waals surface area contributed by atoms with E-state index in [2.05, 4.69) is 37.4 Å². The average molecular weight is 651 g/mol. The zero-order valence-corrected chi connectivity index (χ0v) is 26.8. The second-order valence-corrected chi connectivity index (χ2v) is 14.0. The Morgan fingerprint density at radius 3 is 2.22 bits per heavy atom. The average Bonchev–Trinajstić information content (AvgIpc) is 3.89. The molecule has 3 N–H and O–H groups in total. The van der Waals surface area contributed by atoms with E-state index in [0.29, 0.717) is 23.6 Å². The zero-order valence-electron chi connectivity index (χ0n) is 24.3. The first-order valence-corrected chi connectivity index (χ1v) is 17.6. The van der Waals surface area contributed by atoms with E-state index in [4.69, 9.17) is 24.9 Å². The predicted octanol–water partition coefficient (Wildman–Crippen LogP) is 6.45. The second kappa shape index (κ2) is 12.9. The molecule has 0 bridgehead atoms. The van der Waals surface area contributed by atoms with Crippen molar-refractivity contribution < 1.29 is 0 Å². The quantitative estimate of drug-likeness (QED) is 0.150. The van der Waals surface area contributed by atoms with E-state index in [0.717, 1.165) is 92.3 Å². The van der Waals surface area contributed by atoms with E-state index in [1.165, 1.54) is 18.2 Å². The Morgan fingerprint density at radius 1 is 0.822 bits per heavy atom. The van der Waals surface area contributed by atoms with E-state index in [1.54, 1.807) is 35.1 Å². The molecule has 8 heterocycles. The smallest absolute Gasteiger partial charge is 0.173 e. The van der Waals surface area contributed by atoms with Gasteiger partial charge in [0, 0.05) is 42.3 Å². The number of pyridine rings is 2. The maximum absolute atomic E-state index is 4.96. The lowest BCUT2D eigenvalue weighted by atomic mass is 10.1. The molecule has 0 radical (unpaired) electrons. The van der Waals surface area contributed by atoms with Crippen molar-refractivity contribution in [1.82, 2.24) is 40.5 Å². The van der Waals surface area contributed by atoms with Crippen LogP contribution in [-0.4, -0.2) is 68.3 Å². The van der Waals surface area contributed by atoms with E-state index >= 15 is 0 Å². The molecule has 0 saturated carbocycles. The van der Waals surface area contributed by atoms with Crippen LogP contribution in [0.5, 0.6) is 0 Å². The molecule has 2 aliphatic heterocycles. The highest BCUT2D eigenvalue weighted by Crippen LogP contribution is 2.34. The van der Waals surface area contributed by atoms with Crippen LogP contribution in [0.25, 0.3) is 43.2 Å². The molecule has 8 rings (SSSR count). The summed E-state index contributed by atoms with van der Waals surface area (Å²) in [5.41, 5.74) is 3.64. The number of aliphatic imine (C=N–C) groups is 1. The third-order valence-corrected chi connectivity index (χ3v) is 10.7. The maximum atomic E-state index is 4.96. The van der Waals surface area contributed by atoms with Crippen LogP contribution in [0.2, 0.25) is 0 Å². The van der Waals surface area contributed by atoms with Crippen LogP contribution in [0.3, 0.4) is 0 Å². The molecule has 10 nitrogen and oxygen atoms in total. The number of fused-ring (bicyclic) bond motifs is 2. The van der Waals surface area contributed by atoms with Gasteiger partial charge in [-0.1, -0.05) is 11.8 Å². The summed E-state index contributed by atoms with van der Waals surface area (Å²) in [6.07, 6.45) is 8.83. The molecule has 6 aromatic rings. The second-order valence-electron chi connectivity index (χ2n) is 11.1. The van der Waals surface area contributed by atoms with Crippen molar-refractivity contribution in [1.29, 1.82) is 0 Å². The third kappa shape index (κ3) is 6.31. The molecule has 13 heteroatoms. The van der Waals surface area contributed by atoms with Crippen molar-refractivity contribution >= 4 is 72.7 Å². The first kappa shape index (κ1) is 28.6. The third-order valence-electron chi connectivity index (χ3n) is 8.00. The Hall–Kier alpha value is -3.88. The van der Waals surface area contributed by atoms with Gasteiger partial charge < -0.3 is 16.0 Å². The predicted molar refractivity (Wildman–Crippen MR) is 184 cm³/mol. The molecule has 2 aliphatic rings. The van der Waals surface area contributed by atoms with Gasteiger partial charge in [-0.2, -0.15) is 0 Å². The molecule has 0 aliphatic carbocycles. The fraction of sp³-hybridized carbons (Fsp3) is 0.281. The van der Waals surface area contributed by atoms with Gasteiger partial charge in [0.25, 0.3) is 0 Å². The molecule has 2 saturated heterocycles. The number of rotatable bonds is 9. The zero-order chi connectivity index (χ0) is 30.0. The minimum absolute atomic E-state index is 0.363. The Kier molecular flexibility index (Phi) is 8.16. The largest absolute Gasteiger partial charge is 0.365 e. The highest BCUT2D eigenvalue weighted by molar-refractivity contribution is 7.99. The van der Waals surface area contributed by atoms with E-state index in [9.17, 15) is 0 Å². The summed E-state index contributed by atoms with van der Waals surface area (Å²) in [6.45, 7) is 4.10. The van der Waals surface area contributed by atoms with E-state index in [1.807, 2.05) is 41.9 Å².